The first-order valence-electron chi connectivity index (χ1n) is 5.75. The maximum atomic E-state index is 11.3. The van der Waals surface area contributed by atoms with Crippen molar-refractivity contribution in [3.63, 3.8) is 0 Å². The van der Waals surface area contributed by atoms with Crippen LogP contribution in [0.2, 0.25) is 0 Å². The molecule has 0 atom stereocenters. The number of hydrogen-bond donors (Lipinski definition) is 1. The van der Waals surface area contributed by atoms with Crippen molar-refractivity contribution in [2.24, 2.45) is 0 Å². The number of thioether (sulfide) groups is 1. The fourth-order valence-corrected chi connectivity index (χ4v) is 2.20. The van der Waals surface area contributed by atoms with Gasteiger partial charge in [-0.05, 0) is 35.5 Å². The molecule has 1 saturated heterocycles. The highest BCUT2D eigenvalue weighted by Gasteiger charge is 2.24. The number of amides is 2. The van der Waals surface area contributed by atoms with Gasteiger partial charge >= 0.3 is 0 Å². The molecule has 0 spiro atoms. The van der Waals surface area contributed by atoms with E-state index in [9.17, 15) is 9.59 Å². The van der Waals surface area contributed by atoms with Gasteiger partial charge in [-0.3, -0.25) is 14.9 Å². The molecule has 4 nitrogen and oxygen atoms in total. The summed E-state index contributed by atoms with van der Waals surface area (Å²) >= 11 is 0.919. The highest BCUT2D eigenvalue weighted by Crippen LogP contribution is 2.23. The van der Waals surface area contributed by atoms with Crippen molar-refractivity contribution in [1.82, 2.24) is 5.32 Å². The molecule has 1 heterocycles. The van der Waals surface area contributed by atoms with E-state index >= 15 is 0 Å². The van der Waals surface area contributed by atoms with Crippen LogP contribution in [-0.2, 0) is 4.79 Å². The van der Waals surface area contributed by atoms with Gasteiger partial charge in [-0.25, -0.2) is 0 Å². The number of carbonyl (C=O) groups excluding carboxylic acids is 2. The fraction of sp³-hybridized carbons (Fsp3) is 0.143. The lowest BCUT2D eigenvalue weighted by atomic mass is 10.2. The second-order valence-corrected chi connectivity index (χ2v) is 5.23. The third-order valence-corrected chi connectivity index (χ3v) is 3.42. The predicted molar refractivity (Wildman–Crippen MR) is 79.0 cm³/mol. The Morgan fingerprint density at radius 2 is 1.84 bits per heavy atom. The predicted octanol–water partition coefficient (Wildman–Crippen LogP) is 2.63. The smallest absolute Gasteiger partial charge is 0.290 e. The zero-order chi connectivity index (χ0) is 13.8. The highest BCUT2D eigenvalue weighted by molar-refractivity contribution is 8.18. The Kier molecular flexibility index (Phi) is 4.06. The van der Waals surface area contributed by atoms with Crippen LogP contribution in [0.4, 0.5) is 10.5 Å². The molecule has 0 saturated carbocycles. The van der Waals surface area contributed by atoms with Crippen LogP contribution in [0.5, 0.6) is 0 Å². The molecule has 0 radical (unpaired) electrons. The van der Waals surface area contributed by atoms with Crippen LogP contribution in [0.15, 0.2) is 41.3 Å². The van der Waals surface area contributed by atoms with Gasteiger partial charge in [0.2, 0.25) is 0 Å². The molecule has 0 unspecified atom stereocenters. The van der Waals surface area contributed by atoms with Crippen LogP contribution < -0.4 is 10.2 Å². The van der Waals surface area contributed by atoms with E-state index in [-0.39, 0.29) is 11.1 Å². The number of imide groups is 1. The molecule has 1 aromatic carbocycles. The summed E-state index contributed by atoms with van der Waals surface area (Å²) in [5.41, 5.74) is 2.17. The Morgan fingerprint density at radius 3 is 2.37 bits per heavy atom. The van der Waals surface area contributed by atoms with Gasteiger partial charge in [-0.15, -0.1) is 0 Å². The van der Waals surface area contributed by atoms with Crippen molar-refractivity contribution in [3.05, 3.63) is 46.9 Å². The van der Waals surface area contributed by atoms with Crippen LogP contribution in [0.3, 0.4) is 0 Å². The Balaban J connectivity index is 2.05. The largest absolute Gasteiger partial charge is 0.378 e. The highest BCUT2D eigenvalue weighted by atomic mass is 32.2. The molecule has 1 aliphatic rings. The van der Waals surface area contributed by atoms with Gasteiger partial charge in [0.25, 0.3) is 11.1 Å². The van der Waals surface area contributed by atoms with Gasteiger partial charge in [-0.1, -0.05) is 24.3 Å². The molecule has 0 aromatic heterocycles. The standard InChI is InChI=1S/C14H14N2O2S/c1-16(2)11-8-6-10(7-9-11)4-3-5-12-13(17)15-14(18)19-12/h3-9H,1-2H3,(H,15,17,18). The van der Waals surface area contributed by atoms with Gasteiger partial charge in [0.1, 0.15) is 0 Å². The summed E-state index contributed by atoms with van der Waals surface area (Å²) < 4.78 is 0. The van der Waals surface area contributed by atoms with Crippen LogP contribution >= 0.6 is 11.8 Å². The summed E-state index contributed by atoms with van der Waals surface area (Å²) in [7, 11) is 3.98. The number of nitrogens with one attached hydrogen (secondary N) is 1. The minimum absolute atomic E-state index is 0.319. The minimum atomic E-state index is -0.331. The van der Waals surface area contributed by atoms with E-state index in [0.29, 0.717) is 4.91 Å². The molecular weight excluding hydrogens is 260 g/mol. The van der Waals surface area contributed by atoms with E-state index in [4.69, 9.17) is 0 Å². The summed E-state index contributed by atoms with van der Waals surface area (Å²) in [5, 5.41) is 1.89. The fourth-order valence-electron chi connectivity index (χ4n) is 1.57. The van der Waals surface area contributed by atoms with Crippen molar-refractivity contribution >= 4 is 34.7 Å². The third-order valence-electron chi connectivity index (χ3n) is 2.59. The molecule has 1 aliphatic heterocycles. The summed E-state index contributed by atoms with van der Waals surface area (Å²) in [4.78, 5) is 24.7. The number of benzene rings is 1. The van der Waals surface area contributed by atoms with E-state index < -0.39 is 0 Å². The summed E-state index contributed by atoms with van der Waals surface area (Å²) in [6.45, 7) is 0. The van der Waals surface area contributed by atoms with E-state index in [1.807, 2.05) is 49.3 Å². The lowest BCUT2D eigenvalue weighted by Gasteiger charge is -2.11. The summed E-state index contributed by atoms with van der Waals surface area (Å²) in [6, 6.07) is 8.04. The normalized spacial score (nSPS) is 17.3. The number of allylic oxidation sites excluding steroid dienone is 2. The summed E-state index contributed by atoms with van der Waals surface area (Å²) in [6.07, 6.45) is 5.30. The first-order chi connectivity index (χ1) is 9.06. The first-order valence-corrected chi connectivity index (χ1v) is 6.57. The minimum Gasteiger partial charge on any atom is -0.378 e. The SMILES string of the molecule is CN(C)c1ccc(C=CC=C2SC(=O)NC2=O)cc1. The molecule has 0 bridgehead atoms. The third kappa shape index (κ3) is 3.48. The zero-order valence-electron chi connectivity index (χ0n) is 10.7. The number of rotatable bonds is 3. The molecule has 0 aliphatic carbocycles. The van der Waals surface area contributed by atoms with Crippen LogP contribution in [0.1, 0.15) is 5.56 Å². The lowest BCUT2D eigenvalue weighted by molar-refractivity contribution is -0.115. The van der Waals surface area contributed by atoms with Gasteiger partial charge < -0.3 is 4.90 Å². The molecule has 5 heteroatoms. The Hall–Kier alpha value is -2.01. The molecule has 1 aromatic rings. The van der Waals surface area contributed by atoms with Crippen molar-refractivity contribution in [2.45, 2.75) is 0 Å². The van der Waals surface area contributed by atoms with Crippen molar-refractivity contribution in [2.75, 3.05) is 19.0 Å². The second kappa shape index (κ2) is 5.75. The Labute approximate surface area is 116 Å². The van der Waals surface area contributed by atoms with Crippen LogP contribution in [0.25, 0.3) is 6.08 Å². The second-order valence-electron chi connectivity index (χ2n) is 4.22. The van der Waals surface area contributed by atoms with E-state index in [1.54, 1.807) is 12.2 Å². The number of anilines is 1. The average Bonchev–Trinajstić information content (AvgIpc) is 2.68. The van der Waals surface area contributed by atoms with Gasteiger partial charge in [0, 0.05) is 19.8 Å². The Morgan fingerprint density at radius 1 is 1.16 bits per heavy atom. The number of hydrogen-bond acceptors (Lipinski definition) is 4. The molecule has 1 fully saturated rings. The van der Waals surface area contributed by atoms with Crippen LogP contribution in [-0.4, -0.2) is 25.2 Å². The van der Waals surface area contributed by atoms with Crippen LogP contribution in [0, 0.1) is 0 Å². The molecule has 19 heavy (non-hydrogen) atoms. The maximum Gasteiger partial charge on any atom is 0.290 e. The number of nitrogens with zero attached hydrogens (tertiary/aromatic N) is 1. The molecular formula is C14H14N2O2S. The monoisotopic (exact) mass is 274 g/mol. The topological polar surface area (TPSA) is 49.4 Å². The van der Waals surface area contributed by atoms with Gasteiger partial charge in [0.05, 0.1) is 4.91 Å². The van der Waals surface area contributed by atoms with E-state index in [0.717, 1.165) is 23.0 Å². The zero-order valence-corrected chi connectivity index (χ0v) is 11.5. The molecule has 2 rings (SSSR count). The van der Waals surface area contributed by atoms with Gasteiger partial charge in [-0.2, -0.15) is 0 Å². The lowest BCUT2D eigenvalue weighted by Crippen LogP contribution is -2.17. The van der Waals surface area contributed by atoms with Gasteiger partial charge in [0.15, 0.2) is 0 Å². The Bertz CT molecular complexity index is 559. The van der Waals surface area contributed by atoms with Crippen molar-refractivity contribution in [3.8, 4) is 0 Å². The maximum absolute atomic E-state index is 11.3. The summed E-state index contributed by atoms with van der Waals surface area (Å²) in [5.74, 6) is -0.331. The van der Waals surface area contributed by atoms with Crippen molar-refractivity contribution in [1.29, 1.82) is 0 Å². The molecule has 98 valence electrons. The number of carbonyl (C=O) groups is 2. The first kappa shape index (κ1) is 13.4. The van der Waals surface area contributed by atoms with E-state index in [1.165, 1.54) is 0 Å². The molecule has 1 N–H and O–H groups in total. The van der Waals surface area contributed by atoms with E-state index in [2.05, 4.69) is 5.32 Å². The quantitative estimate of drug-likeness (QED) is 0.861. The molecule has 2 amide bonds. The average molecular weight is 274 g/mol. The van der Waals surface area contributed by atoms with Crippen molar-refractivity contribution < 1.29 is 9.59 Å².